The van der Waals surface area contributed by atoms with Gasteiger partial charge in [-0.2, -0.15) is 0 Å². The first-order valence-corrected chi connectivity index (χ1v) is 10.1. The smallest absolute Gasteiger partial charge is 0.412 e. The largest absolute Gasteiger partial charge is 0.444 e. The molecule has 152 valence electrons. The SMILES string of the molecule is CN(C)C(CNC(=O)Cc1ccc(NC(=O)OC(C)(C)C)cc1)c1cccs1. The van der Waals surface area contributed by atoms with E-state index in [1.807, 2.05) is 58.4 Å². The minimum Gasteiger partial charge on any atom is -0.444 e. The van der Waals surface area contributed by atoms with Crippen LogP contribution in [0.2, 0.25) is 0 Å². The summed E-state index contributed by atoms with van der Waals surface area (Å²) in [4.78, 5) is 27.4. The molecule has 0 aliphatic heterocycles. The molecule has 0 saturated carbocycles. The van der Waals surface area contributed by atoms with E-state index in [1.54, 1.807) is 23.5 Å². The first kappa shape index (κ1) is 21.9. The average molecular weight is 404 g/mol. The van der Waals surface area contributed by atoms with E-state index in [1.165, 1.54) is 4.88 Å². The molecule has 2 N–H and O–H groups in total. The Kier molecular flexibility index (Phi) is 7.60. The Labute approximate surface area is 170 Å². The van der Waals surface area contributed by atoms with Gasteiger partial charge < -0.3 is 15.0 Å². The van der Waals surface area contributed by atoms with Crippen LogP contribution in [0.15, 0.2) is 41.8 Å². The van der Waals surface area contributed by atoms with Crippen LogP contribution < -0.4 is 10.6 Å². The number of nitrogens with zero attached hydrogens (tertiary/aromatic N) is 1. The van der Waals surface area contributed by atoms with Crippen molar-refractivity contribution in [2.45, 2.75) is 38.8 Å². The Morgan fingerprint density at radius 1 is 1.14 bits per heavy atom. The lowest BCUT2D eigenvalue weighted by molar-refractivity contribution is -0.120. The van der Waals surface area contributed by atoms with E-state index in [9.17, 15) is 9.59 Å². The average Bonchev–Trinajstić information content (AvgIpc) is 3.09. The lowest BCUT2D eigenvalue weighted by Crippen LogP contribution is -2.34. The van der Waals surface area contributed by atoms with E-state index in [-0.39, 0.29) is 18.4 Å². The summed E-state index contributed by atoms with van der Waals surface area (Å²) >= 11 is 1.69. The van der Waals surface area contributed by atoms with E-state index in [2.05, 4.69) is 21.6 Å². The summed E-state index contributed by atoms with van der Waals surface area (Å²) in [5.74, 6) is -0.0312. The summed E-state index contributed by atoms with van der Waals surface area (Å²) in [5, 5.41) is 7.73. The van der Waals surface area contributed by atoms with Crippen molar-refractivity contribution in [2.24, 2.45) is 0 Å². The molecule has 2 rings (SSSR count). The Bertz CT molecular complexity index is 765. The molecule has 0 saturated heterocycles. The summed E-state index contributed by atoms with van der Waals surface area (Å²) < 4.78 is 5.22. The second kappa shape index (κ2) is 9.71. The van der Waals surface area contributed by atoms with Crippen LogP contribution in [0.25, 0.3) is 0 Å². The molecule has 0 bridgehead atoms. The highest BCUT2D eigenvalue weighted by Gasteiger charge is 2.17. The maximum absolute atomic E-state index is 12.3. The number of thiophene rings is 1. The maximum Gasteiger partial charge on any atom is 0.412 e. The normalized spacial score (nSPS) is 12.5. The van der Waals surface area contributed by atoms with Crippen LogP contribution in [0.4, 0.5) is 10.5 Å². The van der Waals surface area contributed by atoms with Crippen molar-refractivity contribution in [3.8, 4) is 0 Å². The molecule has 1 unspecified atom stereocenters. The summed E-state index contributed by atoms with van der Waals surface area (Å²) in [6, 6.07) is 11.4. The van der Waals surface area contributed by atoms with Gasteiger partial charge in [-0.3, -0.25) is 10.1 Å². The zero-order chi connectivity index (χ0) is 20.7. The summed E-state index contributed by atoms with van der Waals surface area (Å²) in [7, 11) is 4.01. The van der Waals surface area contributed by atoms with Gasteiger partial charge in [0.25, 0.3) is 0 Å². The van der Waals surface area contributed by atoms with E-state index < -0.39 is 11.7 Å². The Balaban J connectivity index is 1.84. The quantitative estimate of drug-likeness (QED) is 0.731. The standard InChI is InChI=1S/C21H29N3O3S/c1-21(2,3)27-20(26)23-16-10-8-15(9-11-16)13-19(25)22-14-17(24(4)5)18-7-6-12-28-18/h6-12,17H,13-14H2,1-5H3,(H,22,25)(H,23,26). The van der Waals surface area contributed by atoms with Gasteiger partial charge in [0.1, 0.15) is 5.60 Å². The van der Waals surface area contributed by atoms with Crippen molar-refractivity contribution < 1.29 is 14.3 Å². The number of amides is 2. The van der Waals surface area contributed by atoms with E-state index >= 15 is 0 Å². The van der Waals surface area contributed by atoms with Crippen LogP contribution in [-0.4, -0.2) is 43.1 Å². The summed E-state index contributed by atoms with van der Waals surface area (Å²) in [5.41, 5.74) is 0.962. The number of nitrogens with one attached hydrogen (secondary N) is 2. The zero-order valence-electron chi connectivity index (χ0n) is 17.1. The van der Waals surface area contributed by atoms with Crippen LogP contribution >= 0.6 is 11.3 Å². The molecule has 6 nitrogen and oxygen atoms in total. The monoisotopic (exact) mass is 403 g/mol. The molecular weight excluding hydrogens is 374 g/mol. The molecule has 0 fully saturated rings. The molecular formula is C21H29N3O3S. The van der Waals surface area contributed by atoms with Crippen molar-refractivity contribution >= 4 is 29.0 Å². The van der Waals surface area contributed by atoms with Gasteiger partial charge in [-0.05, 0) is 64.0 Å². The second-order valence-corrected chi connectivity index (χ2v) is 8.78. The number of carbonyl (C=O) groups is 2. The third-order valence-corrected chi connectivity index (χ3v) is 4.92. The minimum absolute atomic E-state index is 0.0312. The molecule has 2 amide bonds. The molecule has 0 aliphatic carbocycles. The molecule has 1 aromatic carbocycles. The van der Waals surface area contributed by atoms with Crippen LogP contribution in [-0.2, 0) is 16.0 Å². The molecule has 1 atom stereocenters. The number of likely N-dealkylation sites (N-methyl/N-ethyl adjacent to an activating group) is 1. The molecule has 7 heteroatoms. The topological polar surface area (TPSA) is 70.7 Å². The van der Waals surface area contributed by atoms with Crippen molar-refractivity contribution in [1.82, 2.24) is 10.2 Å². The summed E-state index contributed by atoms with van der Waals surface area (Å²) in [6.45, 7) is 6.00. The minimum atomic E-state index is -0.546. The van der Waals surface area contributed by atoms with E-state index in [0.717, 1.165) is 5.56 Å². The van der Waals surface area contributed by atoms with Crippen molar-refractivity contribution in [2.75, 3.05) is 26.0 Å². The van der Waals surface area contributed by atoms with Crippen LogP contribution in [0.3, 0.4) is 0 Å². The molecule has 1 heterocycles. The lowest BCUT2D eigenvalue weighted by atomic mass is 10.1. The van der Waals surface area contributed by atoms with Gasteiger partial charge in [0.15, 0.2) is 0 Å². The number of hydrogen-bond acceptors (Lipinski definition) is 5. The number of anilines is 1. The Morgan fingerprint density at radius 2 is 1.82 bits per heavy atom. The van der Waals surface area contributed by atoms with Gasteiger partial charge in [0.2, 0.25) is 5.91 Å². The van der Waals surface area contributed by atoms with E-state index in [0.29, 0.717) is 12.2 Å². The first-order valence-electron chi connectivity index (χ1n) is 9.19. The number of ether oxygens (including phenoxy) is 1. The number of benzene rings is 1. The highest BCUT2D eigenvalue weighted by Crippen LogP contribution is 2.22. The van der Waals surface area contributed by atoms with Gasteiger partial charge in [0.05, 0.1) is 12.5 Å². The van der Waals surface area contributed by atoms with Gasteiger partial charge in [-0.15, -0.1) is 11.3 Å². The highest BCUT2D eigenvalue weighted by atomic mass is 32.1. The van der Waals surface area contributed by atoms with Crippen LogP contribution in [0.1, 0.15) is 37.3 Å². The number of hydrogen-bond donors (Lipinski definition) is 2. The fourth-order valence-corrected chi connectivity index (χ4v) is 3.53. The molecule has 1 aromatic heterocycles. The predicted octanol–water partition coefficient (Wildman–Crippen LogP) is 4.06. The zero-order valence-corrected chi connectivity index (χ0v) is 17.9. The van der Waals surface area contributed by atoms with Crippen molar-refractivity contribution in [3.05, 3.63) is 52.2 Å². The van der Waals surface area contributed by atoms with Crippen molar-refractivity contribution in [3.63, 3.8) is 0 Å². The lowest BCUT2D eigenvalue weighted by Gasteiger charge is -2.23. The molecule has 0 aliphatic rings. The molecule has 0 spiro atoms. The maximum atomic E-state index is 12.3. The Morgan fingerprint density at radius 3 is 2.36 bits per heavy atom. The first-order chi connectivity index (χ1) is 13.1. The van der Waals surface area contributed by atoms with Crippen LogP contribution in [0, 0.1) is 0 Å². The fourth-order valence-electron chi connectivity index (χ4n) is 2.60. The highest BCUT2D eigenvalue weighted by molar-refractivity contribution is 7.10. The molecule has 28 heavy (non-hydrogen) atoms. The molecule has 2 aromatic rings. The van der Waals surface area contributed by atoms with Crippen LogP contribution in [0.5, 0.6) is 0 Å². The van der Waals surface area contributed by atoms with Gasteiger partial charge in [-0.1, -0.05) is 18.2 Å². The number of carbonyl (C=O) groups excluding carboxylic acids is 2. The van der Waals surface area contributed by atoms with Gasteiger partial charge in [0, 0.05) is 17.1 Å². The summed E-state index contributed by atoms with van der Waals surface area (Å²) in [6.07, 6.45) is -0.210. The van der Waals surface area contributed by atoms with E-state index in [4.69, 9.17) is 4.74 Å². The second-order valence-electron chi connectivity index (χ2n) is 7.80. The van der Waals surface area contributed by atoms with Gasteiger partial charge in [-0.25, -0.2) is 4.79 Å². The van der Waals surface area contributed by atoms with Gasteiger partial charge >= 0.3 is 6.09 Å². The Hall–Kier alpha value is -2.38. The van der Waals surface area contributed by atoms with Crippen molar-refractivity contribution in [1.29, 1.82) is 0 Å². The predicted molar refractivity (Wildman–Crippen MR) is 114 cm³/mol. The third-order valence-electron chi connectivity index (χ3n) is 3.95. The fraction of sp³-hybridized carbons (Fsp3) is 0.429. The molecule has 0 radical (unpaired) electrons. The number of rotatable bonds is 7. The third kappa shape index (κ3) is 7.32.